The molecule has 1 atom stereocenters. The minimum absolute atomic E-state index is 0.0814. The largest absolute Gasteiger partial charge is 0.290 e. The molecule has 0 spiro atoms. The van der Waals surface area contributed by atoms with Gasteiger partial charge in [-0.1, -0.05) is 23.7 Å². The first-order valence-electron chi connectivity index (χ1n) is 5.53. The summed E-state index contributed by atoms with van der Waals surface area (Å²) >= 11 is 11.8. The van der Waals surface area contributed by atoms with Crippen LogP contribution in [0.5, 0.6) is 0 Å². The summed E-state index contributed by atoms with van der Waals surface area (Å²) < 4.78 is 1.43. The Hall–Kier alpha value is -1.66. The maximum atomic E-state index is 10.8. The molecule has 8 heteroatoms. The minimum Gasteiger partial charge on any atom is -0.258 e. The Labute approximate surface area is 119 Å². The third-order valence-electron chi connectivity index (χ3n) is 2.58. The van der Waals surface area contributed by atoms with Crippen molar-refractivity contribution in [2.24, 2.45) is 0 Å². The van der Waals surface area contributed by atoms with Gasteiger partial charge in [-0.25, -0.2) is 4.68 Å². The Kier molecular flexibility index (Phi) is 4.01. The number of nitro groups is 1. The lowest BCUT2D eigenvalue weighted by Gasteiger charge is -2.01. The van der Waals surface area contributed by atoms with Crippen LogP contribution in [0.3, 0.4) is 0 Å². The van der Waals surface area contributed by atoms with Crippen molar-refractivity contribution in [2.75, 3.05) is 0 Å². The number of aromatic nitrogens is 3. The first-order valence-corrected chi connectivity index (χ1v) is 6.35. The maximum absolute atomic E-state index is 10.8. The molecule has 0 radical (unpaired) electrons. The number of benzene rings is 1. The van der Waals surface area contributed by atoms with E-state index in [-0.39, 0.29) is 16.1 Å². The van der Waals surface area contributed by atoms with Crippen LogP contribution in [0.1, 0.15) is 24.4 Å². The van der Waals surface area contributed by atoms with E-state index in [9.17, 15) is 10.1 Å². The van der Waals surface area contributed by atoms with Gasteiger partial charge in [-0.15, -0.1) is 16.7 Å². The SMILES string of the molecule is CCC(Cl)c1cn(-c2ccc(Cl)c([N+](=O)[O-])c2)nn1. The lowest BCUT2D eigenvalue weighted by atomic mass is 10.2. The number of nitro benzene ring substituents is 1. The van der Waals surface area contributed by atoms with Gasteiger partial charge < -0.3 is 0 Å². The Bertz CT molecular complexity index is 614. The zero-order valence-corrected chi connectivity index (χ0v) is 11.5. The molecule has 2 rings (SSSR count). The highest BCUT2D eigenvalue weighted by Crippen LogP contribution is 2.27. The van der Waals surface area contributed by atoms with Crippen LogP contribution in [0.25, 0.3) is 5.69 Å². The maximum Gasteiger partial charge on any atom is 0.290 e. The smallest absolute Gasteiger partial charge is 0.258 e. The Morgan fingerprint density at radius 1 is 1.53 bits per heavy atom. The molecular weight excluding hydrogens is 291 g/mol. The van der Waals surface area contributed by atoms with Crippen LogP contribution in [-0.4, -0.2) is 19.9 Å². The molecule has 1 aromatic carbocycles. The van der Waals surface area contributed by atoms with Crippen LogP contribution >= 0.6 is 23.2 Å². The lowest BCUT2D eigenvalue weighted by molar-refractivity contribution is -0.384. The molecule has 0 aliphatic rings. The van der Waals surface area contributed by atoms with Crippen LogP contribution < -0.4 is 0 Å². The van der Waals surface area contributed by atoms with Crippen molar-refractivity contribution in [2.45, 2.75) is 18.7 Å². The average Bonchev–Trinajstić information content (AvgIpc) is 2.87. The quantitative estimate of drug-likeness (QED) is 0.492. The molecule has 1 heterocycles. The van der Waals surface area contributed by atoms with Gasteiger partial charge >= 0.3 is 0 Å². The molecule has 0 saturated carbocycles. The number of halogens is 2. The fourth-order valence-corrected chi connectivity index (χ4v) is 1.83. The molecule has 0 amide bonds. The first-order chi connectivity index (χ1) is 9.02. The molecule has 0 fully saturated rings. The van der Waals surface area contributed by atoms with E-state index in [2.05, 4.69) is 10.3 Å². The van der Waals surface area contributed by atoms with E-state index < -0.39 is 4.92 Å². The van der Waals surface area contributed by atoms with E-state index in [0.717, 1.165) is 6.42 Å². The van der Waals surface area contributed by atoms with E-state index in [4.69, 9.17) is 23.2 Å². The lowest BCUT2D eigenvalue weighted by Crippen LogP contribution is -1.97. The molecule has 19 heavy (non-hydrogen) atoms. The van der Waals surface area contributed by atoms with Crippen molar-refractivity contribution >= 4 is 28.9 Å². The summed E-state index contributed by atoms with van der Waals surface area (Å²) in [4.78, 5) is 10.3. The number of alkyl halides is 1. The summed E-state index contributed by atoms with van der Waals surface area (Å²) in [6, 6.07) is 4.42. The van der Waals surface area contributed by atoms with Crippen LogP contribution in [-0.2, 0) is 0 Å². The monoisotopic (exact) mass is 300 g/mol. The van der Waals surface area contributed by atoms with Gasteiger partial charge in [0.2, 0.25) is 0 Å². The van der Waals surface area contributed by atoms with Gasteiger partial charge in [0, 0.05) is 6.07 Å². The van der Waals surface area contributed by atoms with Crippen LogP contribution in [0.4, 0.5) is 5.69 Å². The van der Waals surface area contributed by atoms with Gasteiger partial charge in [0.1, 0.15) is 10.7 Å². The second-order valence-corrected chi connectivity index (χ2v) is 4.79. The van der Waals surface area contributed by atoms with Crippen LogP contribution in [0.2, 0.25) is 5.02 Å². The number of rotatable bonds is 4. The third kappa shape index (κ3) is 2.85. The Morgan fingerprint density at radius 2 is 2.26 bits per heavy atom. The van der Waals surface area contributed by atoms with E-state index in [1.54, 1.807) is 12.3 Å². The fourth-order valence-electron chi connectivity index (χ4n) is 1.54. The third-order valence-corrected chi connectivity index (χ3v) is 3.43. The van der Waals surface area contributed by atoms with Crippen molar-refractivity contribution in [1.29, 1.82) is 0 Å². The summed E-state index contributed by atoms with van der Waals surface area (Å²) in [5.41, 5.74) is 0.964. The summed E-state index contributed by atoms with van der Waals surface area (Å²) in [5, 5.41) is 18.5. The summed E-state index contributed by atoms with van der Waals surface area (Å²) in [7, 11) is 0. The highest BCUT2D eigenvalue weighted by atomic mass is 35.5. The van der Waals surface area contributed by atoms with Gasteiger partial charge in [0.15, 0.2) is 0 Å². The van der Waals surface area contributed by atoms with Crippen molar-refractivity contribution in [3.63, 3.8) is 0 Å². The van der Waals surface area contributed by atoms with Crippen molar-refractivity contribution in [3.8, 4) is 5.69 Å². The predicted molar refractivity (Wildman–Crippen MR) is 71.9 cm³/mol. The molecule has 0 bridgehead atoms. The van der Waals surface area contributed by atoms with Crippen LogP contribution in [0.15, 0.2) is 24.4 Å². The molecule has 2 aromatic rings. The first kappa shape index (κ1) is 13.8. The van der Waals surface area contributed by atoms with Crippen molar-refractivity contribution in [3.05, 3.63) is 45.2 Å². The predicted octanol–water partition coefficient (Wildman–Crippen LogP) is 3.52. The number of nitrogens with zero attached hydrogens (tertiary/aromatic N) is 4. The highest BCUT2D eigenvalue weighted by molar-refractivity contribution is 6.32. The average molecular weight is 301 g/mol. The Balaban J connectivity index is 2.39. The molecule has 0 saturated heterocycles. The van der Waals surface area contributed by atoms with E-state index >= 15 is 0 Å². The Morgan fingerprint density at radius 3 is 2.89 bits per heavy atom. The molecular formula is C11H10Cl2N4O2. The summed E-state index contributed by atoms with van der Waals surface area (Å²) in [6.07, 6.45) is 2.37. The molecule has 1 aromatic heterocycles. The molecule has 6 nitrogen and oxygen atoms in total. The zero-order chi connectivity index (χ0) is 14.0. The van der Waals surface area contributed by atoms with E-state index in [1.165, 1.54) is 16.8 Å². The zero-order valence-electron chi connectivity index (χ0n) is 9.96. The number of hydrogen-bond acceptors (Lipinski definition) is 4. The van der Waals surface area contributed by atoms with Crippen LogP contribution in [0, 0.1) is 10.1 Å². The van der Waals surface area contributed by atoms with Gasteiger partial charge in [-0.2, -0.15) is 0 Å². The summed E-state index contributed by atoms with van der Waals surface area (Å²) in [6.45, 7) is 1.93. The molecule has 0 aliphatic carbocycles. The topological polar surface area (TPSA) is 73.8 Å². The highest BCUT2D eigenvalue weighted by Gasteiger charge is 2.15. The van der Waals surface area contributed by atoms with Gasteiger partial charge in [-0.3, -0.25) is 10.1 Å². The fraction of sp³-hybridized carbons (Fsp3) is 0.273. The standard InChI is InChI=1S/C11H10Cl2N4O2/c1-2-8(12)10-6-16(15-14-10)7-3-4-9(13)11(5-7)17(18)19/h3-6,8H,2H2,1H3. The van der Waals surface area contributed by atoms with Crippen molar-refractivity contribution < 1.29 is 4.92 Å². The molecule has 0 aliphatic heterocycles. The number of hydrogen-bond donors (Lipinski definition) is 0. The molecule has 100 valence electrons. The second kappa shape index (κ2) is 5.54. The normalized spacial score (nSPS) is 12.4. The molecule has 0 N–H and O–H groups in total. The molecule has 1 unspecified atom stereocenters. The van der Waals surface area contributed by atoms with Crippen molar-refractivity contribution in [1.82, 2.24) is 15.0 Å². The van der Waals surface area contributed by atoms with Gasteiger partial charge in [0.05, 0.1) is 22.2 Å². The van der Waals surface area contributed by atoms with Gasteiger partial charge in [0.25, 0.3) is 5.69 Å². The van der Waals surface area contributed by atoms with E-state index in [1.807, 2.05) is 6.92 Å². The second-order valence-electron chi connectivity index (χ2n) is 3.86. The van der Waals surface area contributed by atoms with E-state index in [0.29, 0.717) is 11.4 Å². The minimum atomic E-state index is -0.542. The van der Waals surface area contributed by atoms with Gasteiger partial charge in [-0.05, 0) is 18.6 Å². The summed E-state index contributed by atoms with van der Waals surface area (Å²) in [5.74, 6) is 0.